The highest BCUT2D eigenvalue weighted by molar-refractivity contribution is 6.59. The lowest BCUT2D eigenvalue weighted by Gasteiger charge is -2.30. The van der Waals surface area contributed by atoms with E-state index in [0.717, 1.165) is 55.9 Å². The van der Waals surface area contributed by atoms with Crippen LogP contribution in [-0.4, -0.2) is 33.4 Å². The highest BCUT2D eigenvalue weighted by atomic mass is 16.4. The number of rotatable bonds is 5. The molecule has 1 aromatic heterocycles. The van der Waals surface area contributed by atoms with E-state index < -0.39 is 12.8 Å². The van der Waals surface area contributed by atoms with Gasteiger partial charge in [0.15, 0.2) is 5.66 Å². The molecule has 0 radical (unpaired) electrons. The van der Waals surface area contributed by atoms with Crippen molar-refractivity contribution in [2.45, 2.75) is 12.6 Å². The highest BCUT2D eigenvalue weighted by Gasteiger charge is 2.31. The van der Waals surface area contributed by atoms with E-state index in [1.807, 2.05) is 79.7 Å². The van der Waals surface area contributed by atoms with Gasteiger partial charge in [0.05, 0.1) is 11.0 Å². The standard InChI is InChI=1S/C34H27BN4O2/c1-34(25-12-6-3-7-13-25)37-32(23-10-4-2-5-11-23)36-33(38-34)24-16-19-27(20-17-24)39-30-15-9-8-14-28(30)29-22-26(35(40)41)18-21-31(29)39/h2-22,40-41H,1H3,(H,36,37,38). The summed E-state index contributed by atoms with van der Waals surface area (Å²) >= 11 is 0. The van der Waals surface area contributed by atoms with Gasteiger partial charge in [0, 0.05) is 33.2 Å². The first-order valence-electron chi connectivity index (χ1n) is 13.6. The molecule has 41 heavy (non-hydrogen) atoms. The van der Waals surface area contributed by atoms with E-state index in [-0.39, 0.29) is 0 Å². The topological polar surface area (TPSA) is 82.1 Å². The number of amidine groups is 2. The third-order valence-electron chi connectivity index (χ3n) is 7.66. The smallest absolute Gasteiger partial charge is 0.423 e. The van der Waals surface area contributed by atoms with E-state index in [1.165, 1.54) is 0 Å². The number of aliphatic imine (C=N–C) groups is 2. The average molecular weight is 534 g/mol. The van der Waals surface area contributed by atoms with Crippen molar-refractivity contribution in [2.24, 2.45) is 9.98 Å². The van der Waals surface area contributed by atoms with E-state index in [4.69, 9.17) is 9.98 Å². The van der Waals surface area contributed by atoms with Gasteiger partial charge in [-0.05, 0) is 48.8 Å². The Labute approximate surface area is 238 Å². The fourth-order valence-electron chi connectivity index (χ4n) is 5.58. The maximum Gasteiger partial charge on any atom is 0.488 e. The van der Waals surface area contributed by atoms with Crippen molar-refractivity contribution in [1.29, 1.82) is 0 Å². The van der Waals surface area contributed by atoms with Crippen LogP contribution in [0.2, 0.25) is 0 Å². The number of aromatic nitrogens is 1. The maximum absolute atomic E-state index is 9.76. The Morgan fingerprint density at radius 1 is 0.634 bits per heavy atom. The molecule has 6 aromatic rings. The van der Waals surface area contributed by atoms with Gasteiger partial charge in [-0.15, -0.1) is 0 Å². The van der Waals surface area contributed by atoms with E-state index in [1.54, 1.807) is 6.07 Å². The lowest BCUT2D eigenvalue weighted by Crippen LogP contribution is -2.40. The number of benzene rings is 5. The Morgan fingerprint density at radius 3 is 1.90 bits per heavy atom. The summed E-state index contributed by atoms with van der Waals surface area (Å²) in [7, 11) is -1.52. The van der Waals surface area contributed by atoms with Crippen molar-refractivity contribution in [1.82, 2.24) is 9.88 Å². The Kier molecular flexibility index (Phi) is 6.04. The quantitative estimate of drug-likeness (QED) is 0.268. The summed E-state index contributed by atoms with van der Waals surface area (Å²) in [6.07, 6.45) is 0. The Hall–Kier alpha value is -4.98. The van der Waals surface area contributed by atoms with Gasteiger partial charge in [-0.2, -0.15) is 0 Å². The molecule has 1 aliphatic heterocycles. The summed E-state index contributed by atoms with van der Waals surface area (Å²) in [4.78, 5) is 10.2. The third-order valence-corrected chi connectivity index (χ3v) is 7.66. The van der Waals surface area contributed by atoms with E-state index in [2.05, 4.69) is 58.4 Å². The summed E-state index contributed by atoms with van der Waals surface area (Å²) in [6, 6.07) is 42.3. The van der Waals surface area contributed by atoms with Gasteiger partial charge in [0.25, 0.3) is 0 Å². The number of hydrogen-bond donors (Lipinski definition) is 3. The van der Waals surface area contributed by atoms with E-state index in [9.17, 15) is 10.0 Å². The van der Waals surface area contributed by atoms with Crippen LogP contribution >= 0.6 is 0 Å². The van der Waals surface area contributed by atoms with Gasteiger partial charge in [-0.1, -0.05) is 91.0 Å². The van der Waals surface area contributed by atoms with E-state index >= 15 is 0 Å². The highest BCUT2D eigenvalue weighted by Crippen LogP contribution is 2.33. The number of para-hydroxylation sites is 1. The first kappa shape index (κ1) is 25.0. The molecule has 3 N–H and O–H groups in total. The minimum atomic E-state index is -1.52. The molecule has 0 bridgehead atoms. The summed E-state index contributed by atoms with van der Waals surface area (Å²) in [5.74, 6) is 1.52. The molecule has 0 saturated heterocycles. The van der Waals surface area contributed by atoms with Crippen LogP contribution in [0.25, 0.3) is 27.5 Å². The number of nitrogens with zero attached hydrogens (tertiary/aromatic N) is 3. The van der Waals surface area contributed by atoms with Crippen molar-refractivity contribution in [3.63, 3.8) is 0 Å². The number of fused-ring (bicyclic) bond motifs is 3. The number of nitrogens with one attached hydrogen (secondary N) is 1. The SMILES string of the molecule is CC1(c2ccccc2)N=C(c2ccccc2)NC(c2ccc(-n3c4ccccc4c4cc(B(O)O)ccc43)cc2)=N1. The van der Waals surface area contributed by atoms with Crippen LogP contribution in [-0.2, 0) is 5.66 Å². The van der Waals surface area contributed by atoms with Crippen molar-refractivity contribution in [3.05, 3.63) is 144 Å². The molecule has 0 amide bonds. The minimum absolute atomic E-state index is 0.467. The van der Waals surface area contributed by atoms with Crippen LogP contribution in [0.5, 0.6) is 0 Å². The first-order valence-corrected chi connectivity index (χ1v) is 13.6. The van der Waals surface area contributed by atoms with Crippen molar-refractivity contribution in [3.8, 4) is 5.69 Å². The molecule has 2 heterocycles. The fraction of sp³-hybridized carbons (Fsp3) is 0.0588. The molecule has 7 rings (SSSR count). The Balaban J connectivity index is 1.32. The predicted octanol–water partition coefficient (Wildman–Crippen LogP) is 5.13. The van der Waals surface area contributed by atoms with Crippen molar-refractivity contribution >= 4 is 46.1 Å². The molecule has 5 aromatic carbocycles. The van der Waals surface area contributed by atoms with Gasteiger partial charge in [-0.25, -0.2) is 9.98 Å². The molecule has 1 unspecified atom stereocenters. The lowest BCUT2D eigenvalue weighted by molar-refractivity contribution is 0.426. The lowest BCUT2D eigenvalue weighted by atomic mass is 9.80. The molecule has 6 nitrogen and oxygen atoms in total. The van der Waals surface area contributed by atoms with Crippen molar-refractivity contribution < 1.29 is 10.0 Å². The van der Waals surface area contributed by atoms with Gasteiger partial charge in [0.1, 0.15) is 11.7 Å². The largest absolute Gasteiger partial charge is 0.488 e. The van der Waals surface area contributed by atoms with Crippen LogP contribution in [0.3, 0.4) is 0 Å². The van der Waals surface area contributed by atoms with Crippen LogP contribution in [0.1, 0.15) is 23.6 Å². The average Bonchev–Trinajstić information content (AvgIpc) is 3.35. The van der Waals surface area contributed by atoms with Crippen LogP contribution < -0.4 is 10.8 Å². The molecule has 0 spiro atoms. The van der Waals surface area contributed by atoms with Crippen LogP contribution in [0.4, 0.5) is 0 Å². The second-order valence-electron chi connectivity index (χ2n) is 10.3. The molecule has 0 fully saturated rings. The molecule has 1 aliphatic rings. The third kappa shape index (κ3) is 4.41. The van der Waals surface area contributed by atoms with E-state index in [0.29, 0.717) is 5.46 Å². The maximum atomic E-state index is 9.76. The zero-order valence-corrected chi connectivity index (χ0v) is 22.4. The summed E-state index contributed by atoms with van der Waals surface area (Å²) in [6.45, 7) is 2.04. The predicted molar refractivity (Wildman–Crippen MR) is 167 cm³/mol. The number of hydrogen-bond acceptors (Lipinski definition) is 5. The fourth-order valence-corrected chi connectivity index (χ4v) is 5.58. The second-order valence-corrected chi connectivity index (χ2v) is 10.3. The minimum Gasteiger partial charge on any atom is -0.423 e. The molecular formula is C34H27BN4O2. The van der Waals surface area contributed by atoms with Crippen LogP contribution in [0.15, 0.2) is 137 Å². The zero-order valence-electron chi connectivity index (χ0n) is 22.4. The molecule has 1 atom stereocenters. The second kappa shape index (κ2) is 9.89. The summed E-state index contributed by atoms with van der Waals surface area (Å²) in [5, 5.41) is 25.0. The summed E-state index contributed by atoms with van der Waals surface area (Å²) < 4.78 is 2.20. The molecule has 7 heteroatoms. The molecule has 198 valence electrons. The normalized spacial score (nSPS) is 16.8. The zero-order chi connectivity index (χ0) is 28.0. The van der Waals surface area contributed by atoms with Gasteiger partial charge in [-0.3, -0.25) is 0 Å². The first-order chi connectivity index (χ1) is 20.0. The summed E-state index contributed by atoms with van der Waals surface area (Å²) in [5.41, 5.74) is 5.68. The van der Waals surface area contributed by atoms with Crippen LogP contribution in [0, 0.1) is 0 Å². The Morgan fingerprint density at radius 2 is 1.22 bits per heavy atom. The van der Waals surface area contributed by atoms with Gasteiger partial charge < -0.3 is 19.9 Å². The molecular weight excluding hydrogens is 507 g/mol. The Bertz CT molecular complexity index is 1950. The monoisotopic (exact) mass is 534 g/mol. The molecule has 0 saturated carbocycles. The molecule has 0 aliphatic carbocycles. The van der Waals surface area contributed by atoms with Gasteiger partial charge in [0.2, 0.25) is 0 Å². The van der Waals surface area contributed by atoms with Gasteiger partial charge >= 0.3 is 7.12 Å². The van der Waals surface area contributed by atoms with Crippen molar-refractivity contribution in [2.75, 3.05) is 0 Å².